The summed E-state index contributed by atoms with van der Waals surface area (Å²) in [5.74, 6) is 1.16. The Balaban J connectivity index is 1.64. The van der Waals surface area contributed by atoms with E-state index in [0.717, 1.165) is 26.1 Å². The van der Waals surface area contributed by atoms with E-state index in [1.165, 1.54) is 0 Å². The summed E-state index contributed by atoms with van der Waals surface area (Å²) < 4.78 is 11.1. The predicted octanol–water partition coefficient (Wildman–Crippen LogP) is 0.248. The molecule has 3 rings (SSSR count). The van der Waals surface area contributed by atoms with E-state index >= 15 is 0 Å². The highest BCUT2D eigenvalue weighted by Crippen LogP contribution is 2.25. The summed E-state index contributed by atoms with van der Waals surface area (Å²) in [6.45, 7) is 6.30. The zero-order chi connectivity index (χ0) is 13.9. The fraction of sp³-hybridized carbons (Fsp3) is 0.846. The van der Waals surface area contributed by atoms with Gasteiger partial charge in [0, 0.05) is 19.6 Å². The largest absolute Gasteiger partial charge is 0.392 e. The molecule has 1 aromatic rings. The highest BCUT2D eigenvalue weighted by atomic mass is 16.5. The quantitative estimate of drug-likeness (QED) is 0.819. The lowest BCUT2D eigenvalue weighted by molar-refractivity contribution is -0.0350. The van der Waals surface area contributed by atoms with Crippen molar-refractivity contribution in [2.24, 2.45) is 0 Å². The second-order valence-electron chi connectivity index (χ2n) is 5.50. The molecule has 20 heavy (non-hydrogen) atoms. The van der Waals surface area contributed by atoms with Crippen molar-refractivity contribution in [3.8, 4) is 0 Å². The number of hydrogen-bond donors (Lipinski definition) is 2. The van der Waals surface area contributed by atoms with E-state index in [4.69, 9.17) is 9.26 Å². The third-order valence-corrected chi connectivity index (χ3v) is 3.84. The number of aliphatic hydroxyl groups excluding tert-OH is 1. The highest BCUT2D eigenvalue weighted by Gasteiger charge is 2.31. The second-order valence-corrected chi connectivity index (χ2v) is 5.50. The van der Waals surface area contributed by atoms with Crippen molar-refractivity contribution in [2.45, 2.75) is 38.0 Å². The van der Waals surface area contributed by atoms with Gasteiger partial charge in [0.05, 0.1) is 18.8 Å². The van der Waals surface area contributed by atoms with Gasteiger partial charge >= 0.3 is 0 Å². The summed E-state index contributed by atoms with van der Waals surface area (Å²) in [5, 5.41) is 16.7. The molecule has 2 aliphatic heterocycles. The highest BCUT2D eigenvalue weighted by molar-refractivity contribution is 5.00. The van der Waals surface area contributed by atoms with Crippen LogP contribution in [0.25, 0.3) is 0 Å². The van der Waals surface area contributed by atoms with E-state index in [2.05, 4.69) is 27.3 Å². The van der Waals surface area contributed by atoms with Crippen LogP contribution < -0.4 is 5.32 Å². The number of morpholine rings is 1. The molecule has 2 aliphatic rings. The smallest absolute Gasteiger partial charge is 0.243 e. The Kier molecular flexibility index (Phi) is 4.30. The number of hydrogen-bond acceptors (Lipinski definition) is 7. The van der Waals surface area contributed by atoms with Gasteiger partial charge in [-0.05, 0) is 19.4 Å². The standard InChI is InChI=1S/C13H22N4O3/c1-2-3-17-4-5-19-11(8-17)12-15-13(20-16-12)10-6-9(18)7-14-10/h9-11,14,18H,2-8H2,1H3/t9-,10+,11?/m0/s1. The monoisotopic (exact) mass is 282 g/mol. The number of rotatable bonds is 4. The number of nitrogens with zero attached hydrogens (tertiary/aromatic N) is 3. The summed E-state index contributed by atoms with van der Waals surface area (Å²) in [5.41, 5.74) is 0. The minimum absolute atomic E-state index is 0.0402. The molecule has 0 bridgehead atoms. The first-order valence-corrected chi connectivity index (χ1v) is 7.35. The molecule has 0 aromatic carbocycles. The Morgan fingerprint density at radius 3 is 3.15 bits per heavy atom. The van der Waals surface area contributed by atoms with Crippen LogP contribution in [0, 0.1) is 0 Å². The Morgan fingerprint density at radius 2 is 2.40 bits per heavy atom. The summed E-state index contributed by atoms with van der Waals surface area (Å²) in [6.07, 6.45) is 1.31. The first-order valence-electron chi connectivity index (χ1n) is 7.35. The minimum Gasteiger partial charge on any atom is -0.392 e. The fourth-order valence-electron chi connectivity index (χ4n) is 2.80. The maximum atomic E-state index is 9.53. The Morgan fingerprint density at radius 1 is 1.50 bits per heavy atom. The number of aromatic nitrogens is 2. The molecule has 2 N–H and O–H groups in total. The van der Waals surface area contributed by atoms with E-state index in [1.807, 2.05) is 0 Å². The third kappa shape index (κ3) is 3.01. The number of nitrogens with one attached hydrogen (secondary N) is 1. The molecular formula is C13H22N4O3. The molecule has 7 heteroatoms. The van der Waals surface area contributed by atoms with Gasteiger partial charge in [0.25, 0.3) is 0 Å². The van der Waals surface area contributed by atoms with Gasteiger partial charge in [-0.3, -0.25) is 4.90 Å². The molecule has 2 fully saturated rings. The second kappa shape index (κ2) is 6.17. The van der Waals surface area contributed by atoms with Gasteiger partial charge in [-0.15, -0.1) is 0 Å². The van der Waals surface area contributed by atoms with Gasteiger partial charge in [-0.2, -0.15) is 4.98 Å². The molecule has 0 saturated carbocycles. The number of ether oxygens (including phenoxy) is 1. The Bertz CT molecular complexity index is 437. The molecular weight excluding hydrogens is 260 g/mol. The van der Waals surface area contributed by atoms with E-state index in [-0.39, 0.29) is 18.2 Å². The van der Waals surface area contributed by atoms with Crippen LogP contribution in [0.15, 0.2) is 4.52 Å². The lowest BCUT2D eigenvalue weighted by Crippen LogP contribution is -2.39. The van der Waals surface area contributed by atoms with Crippen LogP contribution in [0.1, 0.15) is 43.6 Å². The predicted molar refractivity (Wildman–Crippen MR) is 71.1 cm³/mol. The van der Waals surface area contributed by atoms with Gasteiger partial charge in [0.1, 0.15) is 6.10 Å². The van der Waals surface area contributed by atoms with E-state index < -0.39 is 0 Å². The number of aliphatic hydroxyl groups is 1. The van der Waals surface area contributed by atoms with Crippen LogP contribution in [-0.2, 0) is 4.74 Å². The first kappa shape index (κ1) is 13.9. The van der Waals surface area contributed by atoms with Crippen molar-refractivity contribution in [3.05, 3.63) is 11.7 Å². The van der Waals surface area contributed by atoms with Crippen molar-refractivity contribution in [3.63, 3.8) is 0 Å². The van der Waals surface area contributed by atoms with Gasteiger partial charge < -0.3 is 19.7 Å². The topological polar surface area (TPSA) is 83.7 Å². The van der Waals surface area contributed by atoms with Crippen molar-refractivity contribution in [1.29, 1.82) is 0 Å². The Labute approximate surface area is 118 Å². The zero-order valence-corrected chi connectivity index (χ0v) is 11.8. The van der Waals surface area contributed by atoms with Crippen LogP contribution in [0.4, 0.5) is 0 Å². The normalized spacial score (nSPS) is 31.8. The van der Waals surface area contributed by atoms with Crippen molar-refractivity contribution in [2.75, 3.05) is 32.8 Å². The van der Waals surface area contributed by atoms with Gasteiger partial charge in [-0.25, -0.2) is 0 Å². The van der Waals surface area contributed by atoms with Gasteiger partial charge in [-0.1, -0.05) is 12.1 Å². The molecule has 0 spiro atoms. The molecule has 0 aliphatic carbocycles. The van der Waals surface area contributed by atoms with Gasteiger partial charge in [0.2, 0.25) is 11.7 Å². The van der Waals surface area contributed by atoms with Crippen molar-refractivity contribution >= 4 is 0 Å². The first-order chi connectivity index (χ1) is 9.76. The van der Waals surface area contributed by atoms with E-state index in [0.29, 0.717) is 31.3 Å². The summed E-state index contributed by atoms with van der Waals surface area (Å²) in [4.78, 5) is 6.80. The van der Waals surface area contributed by atoms with Crippen LogP contribution in [0.5, 0.6) is 0 Å². The van der Waals surface area contributed by atoms with Crippen LogP contribution in [0.2, 0.25) is 0 Å². The minimum atomic E-state index is -0.332. The fourth-order valence-corrected chi connectivity index (χ4v) is 2.80. The lowest BCUT2D eigenvalue weighted by Gasteiger charge is -2.30. The Hall–Kier alpha value is -1.02. The van der Waals surface area contributed by atoms with Crippen molar-refractivity contribution in [1.82, 2.24) is 20.4 Å². The summed E-state index contributed by atoms with van der Waals surface area (Å²) in [6, 6.07) is -0.0402. The molecule has 1 aromatic heterocycles. The van der Waals surface area contributed by atoms with E-state index in [1.54, 1.807) is 0 Å². The summed E-state index contributed by atoms with van der Waals surface area (Å²) in [7, 11) is 0. The van der Waals surface area contributed by atoms with Crippen LogP contribution >= 0.6 is 0 Å². The van der Waals surface area contributed by atoms with Crippen molar-refractivity contribution < 1.29 is 14.4 Å². The maximum absolute atomic E-state index is 9.53. The molecule has 0 amide bonds. The molecule has 1 unspecified atom stereocenters. The molecule has 2 saturated heterocycles. The lowest BCUT2D eigenvalue weighted by atomic mass is 10.2. The molecule has 3 heterocycles. The van der Waals surface area contributed by atoms with E-state index in [9.17, 15) is 5.11 Å². The van der Waals surface area contributed by atoms with Crippen LogP contribution in [0.3, 0.4) is 0 Å². The average molecular weight is 282 g/mol. The zero-order valence-electron chi connectivity index (χ0n) is 11.8. The molecule has 0 radical (unpaired) electrons. The molecule has 112 valence electrons. The van der Waals surface area contributed by atoms with Gasteiger partial charge in [0.15, 0.2) is 0 Å². The third-order valence-electron chi connectivity index (χ3n) is 3.84. The molecule has 3 atom stereocenters. The molecule has 7 nitrogen and oxygen atoms in total. The van der Waals surface area contributed by atoms with Crippen LogP contribution in [-0.4, -0.2) is 59.0 Å². The number of β-amino-alcohol motifs (C(OH)–C–C–N with tert-alkyl or cyclic N) is 1. The summed E-state index contributed by atoms with van der Waals surface area (Å²) >= 11 is 0. The average Bonchev–Trinajstić information content (AvgIpc) is 3.08. The maximum Gasteiger partial charge on any atom is 0.243 e. The SMILES string of the molecule is CCCN1CCOC(c2noc([C@H]3C[C@H](O)CN3)n2)C1.